The SMILES string of the molecule is Nc1ccc(Cl)c(C(=O)OCc2ccc3c(c2)CCC3)c1. The first kappa shape index (κ1) is 14.0. The number of nitrogen functional groups attached to an aromatic ring is 1. The summed E-state index contributed by atoms with van der Waals surface area (Å²) in [5.41, 5.74) is 10.2. The van der Waals surface area contributed by atoms with Gasteiger partial charge in [-0.1, -0.05) is 29.8 Å². The van der Waals surface area contributed by atoms with Gasteiger partial charge in [0.1, 0.15) is 6.61 Å². The van der Waals surface area contributed by atoms with E-state index in [1.54, 1.807) is 12.1 Å². The summed E-state index contributed by atoms with van der Waals surface area (Å²) < 4.78 is 5.33. The van der Waals surface area contributed by atoms with Crippen molar-refractivity contribution in [2.24, 2.45) is 0 Å². The molecule has 0 aromatic heterocycles. The van der Waals surface area contributed by atoms with Gasteiger partial charge < -0.3 is 10.5 Å². The lowest BCUT2D eigenvalue weighted by atomic mass is 10.1. The summed E-state index contributed by atoms with van der Waals surface area (Å²) in [6.07, 6.45) is 3.46. The van der Waals surface area contributed by atoms with Gasteiger partial charge in [-0.3, -0.25) is 0 Å². The molecule has 1 aliphatic carbocycles. The summed E-state index contributed by atoms with van der Waals surface area (Å²) in [7, 11) is 0. The molecule has 0 unspecified atom stereocenters. The predicted octanol–water partition coefficient (Wildman–Crippen LogP) is 3.77. The highest BCUT2D eigenvalue weighted by Crippen LogP contribution is 2.24. The van der Waals surface area contributed by atoms with Gasteiger partial charge in [0, 0.05) is 5.69 Å². The first-order valence-electron chi connectivity index (χ1n) is 6.96. The fourth-order valence-electron chi connectivity index (χ4n) is 2.64. The van der Waals surface area contributed by atoms with E-state index in [-0.39, 0.29) is 6.61 Å². The van der Waals surface area contributed by atoms with Gasteiger partial charge in [-0.05, 0) is 54.2 Å². The Kier molecular flexibility index (Phi) is 3.84. The second-order valence-electron chi connectivity index (χ2n) is 5.27. The van der Waals surface area contributed by atoms with E-state index in [1.165, 1.54) is 23.6 Å². The smallest absolute Gasteiger partial charge is 0.340 e. The summed E-state index contributed by atoms with van der Waals surface area (Å²) in [6.45, 7) is 0.247. The zero-order chi connectivity index (χ0) is 14.8. The second kappa shape index (κ2) is 5.78. The highest BCUT2D eigenvalue weighted by molar-refractivity contribution is 6.33. The summed E-state index contributed by atoms with van der Waals surface area (Å²) in [5.74, 6) is -0.451. The van der Waals surface area contributed by atoms with Crippen LogP contribution in [0.4, 0.5) is 5.69 Å². The van der Waals surface area contributed by atoms with Crippen molar-refractivity contribution in [3.8, 4) is 0 Å². The van der Waals surface area contributed by atoms with Crippen molar-refractivity contribution in [3.63, 3.8) is 0 Å². The van der Waals surface area contributed by atoms with Crippen LogP contribution in [0.5, 0.6) is 0 Å². The average molecular weight is 302 g/mol. The Hall–Kier alpha value is -2.00. The molecular weight excluding hydrogens is 286 g/mol. The van der Waals surface area contributed by atoms with Crippen molar-refractivity contribution in [2.45, 2.75) is 25.9 Å². The van der Waals surface area contributed by atoms with Gasteiger partial charge >= 0.3 is 5.97 Å². The Balaban J connectivity index is 1.70. The third kappa shape index (κ3) is 3.03. The lowest BCUT2D eigenvalue weighted by Crippen LogP contribution is -2.07. The third-order valence-corrected chi connectivity index (χ3v) is 4.07. The Labute approximate surface area is 128 Å². The number of hydrogen-bond donors (Lipinski definition) is 1. The van der Waals surface area contributed by atoms with Crippen LogP contribution >= 0.6 is 11.6 Å². The second-order valence-corrected chi connectivity index (χ2v) is 5.68. The van der Waals surface area contributed by atoms with E-state index in [0.717, 1.165) is 18.4 Å². The molecule has 0 heterocycles. The van der Waals surface area contributed by atoms with E-state index in [4.69, 9.17) is 22.1 Å². The first-order chi connectivity index (χ1) is 10.1. The van der Waals surface area contributed by atoms with Crippen LogP contribution in [-0.2, 0) is 24.2 Å². The molecule has 0 spiro atoms. The molecule has 2 N–H and O–H groups in total. The van der Waals surface area contributed by atoms with Crippen LogP contribution in [0.2, 0.25) is 5.02 Å². The van der Waals surface area contributed by atoms with Gasteiger partial charge in [0.15, 0.2) is 0 Å². The first-order valence-corrected chi connectivity index (χ1v) is 7.34. The summed E-state index contributed by atoms with van der Waals surface area (Å²) in [5, 5.41) is 0.350. The van der Waals surface area contributed by atoms with Gasteiger partial charge in [-0.15, -0.1) is 0 Å². The zero-order valence-electron chi connectivity index (χ0n) is 11.6. The number of aryl methyl sites for hydroxylation is 2. The van der Waals surface area contributed by atoms with Crippen molar-refractivity contribution in [1.29, 1.82) is 0 Å². The van der Waals surface area contributed by atoms with Gasteiger partial charge in [0.05, 0.1) is 10.6 Å². The van der Waals surface area contributed by atoms with E-state index in [2.05, 4.69) is 12.1 Å². The van der Waals surface area contributed by atoms with Crippen LogP contribution in [0, 0.1) is 0 Å². The maximum atomic E-state index is 12.1. The largest absolute Gasteiger partial charge is 0.457 e. The number of fused-ring (bicyclic) bond motifs is 1. The summed E-state index contributed by atoms with van der Waals surface area (Å²) >= 11 is 5.99. The number of carbonyl (C=O) groups excluding carboxylic acids is 1. The molecule has 0 bridgehead atoms. The monoisotopic (exact) mass is 301 g/mol. The minimum atomic E-state index is -0.451. The minimum Gasteiger partial charge on any atom is -0.457 e. The fourth-order valence-corrected chi connectivity index (χ4v) is 2.84. The highest BCUT2D eigenvalue weighted by Gasteiger charge is 2.14. The molecule has 2 aromatic carbocycles. The van der Waals surface area contributed by atoms with Gasteiger partial charge in [0.2, 0.25) is 0 Å². The van der Waals surface area contributed by atoms with E-state index in [9.17, 15) is 4.79 Å². The number of halogens is 1. The molecule has 4 heteroatoms. The number of nitrogens with two attached hydrogens (primary N) is 1. The topological polar surface area (TPSA) is 52.3 Å². The summed E-state index contributed by atoms with van der Waals surface area (Å²) in [6, 6.07) is 11.0. The Morgan fingerprint density at radius 1 is 1.14 bits per heavy atom. The number of carbonyl (C=O) groups is 1. The van der Waals surface area contributed by atoms with Crippen LogP contribution in [0.3, 0.4) is 0 Å². The maximum Gasteiger partial charge on any atom is 0.340 e. The maximum absolute atomic E-state index is 12.1. The Bertz CT molecular complexity index is 697. The van der Waals surface area contributed by atoms with Crippen LogP contribution in [0.1, 0.15) is 33.5 Å². The number of esters is 1. The molecule has 0 amide bonds. The number of anilines is 1. The molecule has 0 saturated heterocycles. The molecule has 0 fully saturated rings. The molecule has 3 nitrogen and oxygen atoms in total. The number of benzene rings is 2. The van der Waals surface area contributed by atoms with E-state index in [1.807, 2.05) is 6.07 Å². The van der Waals surface area contributed by atoms with Crippen LogP contribution < -0.4 is 5.73 Å². The molecule has 0 radical (unpaired) electrons. The van der Waals surface area contributed by atoms with Gasteiger partial charge in [-0.2, -0.15) is 0 Å². The number of ether oxygens (including phenoxy) is 1. The molecule has 1 aliphatic rings. The summed E-state index contributed by atoms with van der Waals surface area (Å²) in [4.78, 5) is 12.1. The van der Waals surface area contributed by atoms with Crippen LogP contribution in [0.15, 0.2) is 36.4 Å². The molecule has 0 aliphatic heterocycles. The third-order valence-electron chi connectivity index (χ3n) is 3.74. The fraction of sp³-hybridized carbons (Fsp3) is 0.235. The van der Waals surface area contributed by atoms with E-state index in [0.29, 0.717) is 16.3 Å². The number of hydrogen-bond acceptors (Lipinski definition) is 3. The van der Waals surface area contributed by atoms with Crippen LogP contribution in [0.25, 0.3) is 0 Å². The van der Waals surface area contributed by atoms with Crippen molar-refractivity contribution in [3.05, 3.63) is 63.7 Å². The average Bonchev–Trinajstić information content (AvgIpc) is 2.94. The van der Waals surface area contributed by atoms with Crippen molar-refractivity contribution in [1.82, 2.24) is 0 Å². The molecule has 108 valence electrons. The van der Waals surface area contributed by atoms with E-state index < -0.39 is 5.97 Å². The normalized spacial score (nSPS) is 13.0. The zero-order valence-corrected chi connectivity index (χ0v) is 12.3. The predicted molar refractivity (Wildman–Crippen MR) is 83.5 cm³/mol. The van der Waals surface area contributed by atoms with Gasteiger partial charge in [0.25, 0.3) is 0 Å². The Morgan fingerprint density at radius 3 is 2.81 bits per heavy atom. The molecule has 21 heavy (non-hydrogen) atoms. The highest BCUT2D eigenvalue weighted by atomic mass is 35.5. The molecule has 0 atom stereocenters. The number of rotatable bonds is 3. The van der Waals surface area contributed by atoms with Crippen molar-refractivity contribution in [2.75, 3.05) is 5.73 Å². The molecule has 3 rings (SSSR count). The minimum absolute atomic E-state index is 0.247. The lowest BCUT2D eigenvalue weighted by molar-refractivity contribution is 0.0473. The molecule has 2 aromatic rings. The Morgan fingerprint density at radius 2 is 1.95 bits per heavy atom. The van der Waals surface area contributed by atoms with Gasteiger partial charge in [-0.25, -0.2) is 4.79 Å². The lowest BCUT2D eigenvalue weighted by Gasteiger charge is -2.08. The van der Waals surface area contributed by atoms with E-state index >= 15 is 0 Å². The quantitative estimate of drug-likeness (QED) is 0.693. The van der Waals surface area contributed by atoms with Crippen LogP contribution in [-0.4, -0.2) is 5.97 Å². The van der Waals surface area contributed by atoms with Crippen molar-refractivity contribution < 1.29 is 9.53 Å². The molecule has 0 saturated carbocycles. The molecular formula is C17H16ClNO2. The van der Waals surface area contributed by atoms with Crippen molar-refractivity contribution >= 4 is 23.3 Å². The standard InChI is InChI=1S/C17H16ClNO2/c18-16-7-6-14(19)9-15(16)17(20)21-10-11-4-5-12-2-1-3-13(12)8-11/h4-9H,1-3,10,19H2.